The summed E-state index contributed by atoms with van der Waals surface area (Å²) < 4.78 is 10.4. The first-order valence-electron chi connectivity index (χ1n) is 3.81. The van der Waals surface area contributed by atoms with Gasteiger partial charge in [0.2, 0.25) is 0 Å². The van der Waals surface area contributed by atoms with Gasteiger partial charge in [0.05, 0.1) is 18.8 Å². The van der Waals surface area contributed by atoms with Crippen molar-refractivity contribution in [2.24, 2.45) is 0 Å². The highest BCUT2D eigenvalue weighted by atomic mass is 16.5. The molecule has 0 aliphatic carbocycles. The van der Waals surface area contributed by atoms with Crippen molar-refractivity contribution in [1.29, 1.82) is 0 Å². The van der Waals surface area contributed by atoms with Crippen LogP contribution < -0.4 is 0 Å². The molecule has 0 aromatic heterocycles. The highest BCUT2D eigenvalue weighted by Crippen LogP contribution is 2.21. The molecule has 0 saturated carbocycles. The Bertz CT molecular complexity index is 151. The van der Waals surface area contributed by atoms with Gasteiger partial charge in [0.15, 0.2) is 0 Å². The SMILES string of the molecule is COCC1(C)CC(=O)CCO1. The van der Waals surface area contributed by atoms with E-state index < -0.39 is 0 Å². The lowest BCUT2D eigenvalue weighted by atomic mass is 9.96. The zero-order chi connectivity index (χ0) is 8.32. The lowest BCUT2D eigenvalue weighted by Crippen LogP contribution is -2.41. The van der Waals surface area contributed by atoms with E-state index in [0.717, 1.165) is 0 Å². The Hall–Kier alpha value is -0.410. The fourth-order valence-corrected chi connectivity index (χ4v) is 1.37. The van der Waals surface area contributed by atoms with Crippen LogP contribution in [0.25, 0.3) is 0 Å². The summed E-state index contributed by atoms with van der Waals surface area (Å²) in [7, 11) is 1.62. The van der Waals surface area contributed by atoms with Gasteiger partial charge in [0.25, 0.3) is 0 Å². The van der Waals surface area contributed by atoms with Gasteiger partial charge in [-0.2, -0.15) is 0 Å². The van der Waals surface area contributed by atoms with Gasteiger partial charge in [-0.25, -0.2) is 0 Å². The molecule has 1 heterocycles. The normalized spacial score (nSPS) is 32.4. The van der Waals surface area contributed by atoms with Crippen LogP contribution in [-0.2, 0) is 14.3 Å². The van der Waals surface area contributed by atoms with Crippen LogP contribution in [0.4, 0.5) is 0 Å². The number of carbonyl (C=O) groups is 1. The summed E-state index contributed by atoms with van der Waals surface area (Å²) in [6, 6.07) is 0. The van der Waals surface area contributed by atoms with Gasteiger partial charge < -0.3 is 9.47 Å². The van der Waals surface area contributed by atoms with Crippen LogP contribution in [0.15, 0.2) is 0 Å². The van der Waals surface area contributed by atoms with Crippen molar-refractivity contribution >= 4 is 5.78 Å². The number of hydrogen-bond acceptors (Lipinski definition) is 3. The topological polar surface area (TPSA) is 35.5 Å². The maximum Gasteiger partial charge on any atom is 0.138 e. The van der Waals surface area contributed by atoms with Gasteiger partial charge in [-0.1, -0.05) is 0 Å². The molecule has 1 saturated heterocycles. The number of methoxy groups -OCH3 is 1. The smallest absolute Gasteiger partial charge is 0.138 e. The molecule has 0 N–H and O–H groups in total. The van der Waals surface area contributed by atoms with Crippen LogP contribution in [0.5, 0.6) is 0 Å². The van der Waals surface area contributed by atoms with Crippen LogP contribution >= 0.6 is 0 Å². The van der Waals surface area contributed by atoms with Gasteiger partial charge in [0, 0.05) is 20.0 Å². The highest BCUT2D eigenvalue weighted by Gasteiger charge is 2.31. The van der Waals surface area contributed by atoms with Gasteiger partial charge in [-0.15, -0.1) is 0 Å². The predicted octanol–water partition coefficient (Wildman–Crippen LogP) is 0.771. The first-order valence-corrected chi connectivity index (χ1v) is 3.81. The molecule has 0 spiro atoms. The Kier molecular flexibility index (Phi) is 2.62. The Morgan fingerprint density at radius 1 is 1.73 bits per heavy atom. The number of Topliss-reactive ketones (excluding diaryl/α,β-unsaturated/α-hetero) is 1. The molecular formula is C8H14O3. The lowest BCUT2D eigenvalue weighted by Gasteiger charge is -2.32. The third-order valence-electron chi connectivity index (χ3n) is 1.85. The van der Waals surface area contributed by atoms with Gasteiger partial charge >= 0.3 is 0 Å². The standard InChI is InChI=1S/C8H14O3/c1-8(6-10-2)5-7(9)3-4-11-8/h3-6H2,1-2H3. The molecule has 3 heteroatoms. The second kappa shape index (κ2) is 3.32. The van der Waals surface area contributed by atoms with Gasteiger partial charge in [0.1, 0.15) is 5.78 Å². The Morgan fingerprint density at radius 3 is 3.00 bits per heavy atom. The molecule has 1 rings (SSSR count). The monoisotopic (exact) mass is 158 g/mol. The molecule has 3 nitrogen and oxygen atoms in total. The van der Waals surface area contributed by atoms with Crippen molar-refractivity contribution in [1.82, 2.24) is 0 Å². The minimum Gasteiger partial charge on any atom is -0.382 e. The average Bonchev–Trinajstić information content (AvgIpc) is 1.86. The molecule has 64 valence electrons. The predicted molar refractivity (Wildman–Crippen MR) is 40.5 cm³/mol. The number of hydrogen-bond donors (Lipinski definition) is 0. The summed E-state index contributed by atoms with van der Waals surface area (Å²) in [5, 5.41) is 0. The van der Waals surface area contributed by atoms with E-state index >= 15 is 0 Å². The largest absolute Gasteiger partial charge is 0.382 e. The highest BCUT2D eigenvalue weighted by molar-refractivity contribution is 5.80. The molecule has 1 unspecified atom stereocenters. The fourth-order valence-electron chi connectivity index (χ4n) is 1.37. The molecule has 1 atom stereocenters. The van der Waals surface area contributed by atoms with Crippen molar-refractivity contribution < 1.29 is 14.3 Å². The van der Waals surface area contributed by atoms with E-state index in [4.69, 9.17) is 9.47 Å². The molecule has 0 aromatic rings. The van der Waals surface area contributed by atoms with E-state index in [2.05, 4.69) is 0 Å². The molecule has 0 radical (unpaired) electrons. The minimum atomic E-state index is -0.371. The maximum atomic E-state index is 11.0. The zero-order valence-corrected chi connectivity index (χ0v) is 7.05. The summed E-state index contributed by atoms with van der Waals surface area (Å²) >= 11 is 0. The first kappa shape index (κ1) is 8.68. The van der Waals surface area contributed by atoms with E-state index in [9.17, 15) is 4.79 Å². The molecule has 1 aliphatic heterocycles. The van der Waals surface area contributed by atoms with Crippen LogP contribution in [-0.4, -0.2) is 31.7 Å². The lowest BCUT2D eigenvalue weighted by molar-refractivity contribution is -0.144. The molecule has 0 aromatic carbocycles. The van der Waals surface area contributed by atoms with Crippen LogP contribution in [0.1, 0.15) is 19.8 Å². The summed E-state index contributed by atoms with van der Waals surface area (Å²) in [6.07, 6.45) is 1.04. The van der Waals surface area contributed by atoms with Gasteiger partial charge in [-0.05, 0) is 6.92 Å². The third kappa shape index (κ3) is 2.27. The second-order valence-corrected chi connectivity index (χ2v) is 3.20. The number of ketones is 1. The third-order valence-corrected chi connectivity index (χ3v) is 1.85. The average molecular weight is 158 g/mol. The van der Waals surface area contributed by atoms with E-state index in [1.165, 1.54) is 0 Å². The van der Waals surface area contributed by atoms with E-state index in [-0.39, 0.29) is 11.4 Å². The molecular weight excluding hydrogens is 144 g/mol. The summed E-state index contributed by atoms with van der Waals surface area (Å²) in [5.74, 6) is 0.274. The zero-order valence-electron chi connectivity index (χ0n) is 7.05. The van der Waals surface area contributed by atoms with Crippen molar-refractivity contribution in [3.8, 4) is 0 Å². The summed E-state index contributed by atoms with van der Waals surface area (Å²) in [6.45, 7) is 2.95. The Labute approximate surface area is 66.7 Å². The molecule has 1 fully saturated rings. The minimum absolute atomic E-state index is 0.274. The van der Waals surface area contributed by atoms with Crippen molar-refractivity contribution in [3.63, 3.8) is 0 Å². The molecule has 1 aliphatic rings. The van der Waals surface area contributed by atoms with E-state index in [1.807, 2.05) is 6.92 Å². The van der Waals surface area contributed by atoms with Crippen LogP contribution in [0, 0.1) is 0 Å². The fraction of sp³-hybridized carbons (Fsp3) is 0.875. The molecule has 0 amide bonds. The summed E-state index contributed by atoms with van der Waals surface area (Å²) in [5.41, 5.74) is -0.371. The van der Waals surface area contributed by atoms with Crippen molar-refractivity contribution in [3.05, 3.63) is 0 Å². The summed E-state index contributed by atoms with van der Waals surface area (Å²) in [4.78, 5) is 11.0. The van der Waals surface area contributed by atoms with Crippen LogP contribution in [0.2, 0.25) is 0 Å². The maximum absolute atomic E-state index is 11.0. The quantitative estimate of drug-likeness (QED) is 0.595. The number of rotatable bonds is 2. The van der Waals surface area contributed by atoms with Crippen LogP contribution in [0.3, 0.4) is 0 Å². The van der Waals surface area contributed by atoms with E-state index in [0.29, 0.717) is 26.1 Å². The van der Waals surface area contributed by atoms with Gasteiger partial charge in [-0.3, -0.25) is 4.79 Å². The number of carbonyl (C=O) groups excluding carboxylic acids is 1. The Morgan fingerprint density at radius 2 is 2.45 bits per heavy atom. The van der Waals surface area contributed by atoms with E-state index in [1.54, 1.807) is 7.11 Å². The second-order valence-electron chi connectivity index (χ2n) is 3.20. The number of ether oxygens (including phenoxy) is 2. The molecule has 11 heavy (non-hydrogen) atoms. The Balaban J connectivity index is 2.48. The molecule has 0 bridgehead atoms. The van der Waals surface area contributed by atoms with Crippen molar-refractivity contribution in [2.75, 3.05) is 20.3 Å². The van der Waals surface area contributed by atoms with Crippen molar-refractivity contribution in [2.45, 2.75) is 25.4 Å². The first-order chi connectivity index (χ1) is 5.16.